The molecule has 1 amide bonds. The zero-order chi connectivity index (χ0) is 22.9. The predicted octanol–water partition coefficient (Wildman–Crippen LogP) is 1.71. The normalized spacial score (nSPS) is 18.8. The minimum atomic E-state index is -0.545. The second-order valence-electron chi connectivity index (χ2n) is 7.63. The lowest BCUT2D eigenvalue weighted by molar-refractivity contribution is -0.888. The summed E-state index contributed by atoms with van der Waals surface area (Å²) in [6.07, 6.45) is 3.30. The summed E-state index contributed by atoms with van der Waals surface area (Å²) in [5.41, 5.74) is 2.87. The van der Waals surface area contributed by atoms with E-state index in [1.807, 2.05) is 36.4 Å². The van der Waals surface area contributed by atoms with Gasteiger partial charge in [-0.2, -0.15) is 0 Å². The number of allylic oxidation sites excluding steroid dienone is 1. The number of hydrogen-bond donors (Lipinski definition) is 3. The average Bonchev–Trinajstić information content (AvgIpc) is 2.80. The van der Waals surface area contributed by atoms with Gasteiger partial charge >= 0.3 is 0 Å². The van der Waals surface area contributed by atoms with E-state index in [0.717, 1.165) is 18.8 Å². The highest BCUT2D eigenvalue weighted by Crippen LogP contribution is 2.36. The van der Waals surface area contributed by atoms with E-state index in [-0.39, 0.29) is 5.91 Å². The van der Waals surface area contributed by atoms with Crippen molar-refractivity contribution in [3.63, 3.8) is 0 Å². The Bertz CT molecular complexity index is 1030. The Morgan fingerprint density at radius 3 is 2.53 bits per heavy atom. The first-order valence-electron chi connectivity index (χ1n) is 10.5. The summed E-state index contributed by atoms with van der Waals surface area (Å²) < 4.78 is 5.12. The largest absolute Gasteiger partial charge is 0.763 e. The number of benzene rings is 1. The Balaban J connectivity index is 0.000000352. The van der Waals surface area contributed by atoms with Crippen molar-refractivity contribution in [2.75, 3.05) is 38.7 Å². The van der Waals surface area contributed by atoms with Gasteiger partial charge in [-0.3, -0.25) is 15.6 Å². The fourth-order valence-corrected chi connectivity index (χ4v) is 3.85. The Kier molecular flexibility index (Phi) is 8.41. The van der Waals surface area contributed by atoms with E-state index in [4.69, 9.17) is 17.0 Å². The van der Waals surface area contributed by atoms with Gasteiger partial charge in [-0.1, -0.05) is 36.5 Å². The van der Waals surface area contributed by atoms with Crippen LogP contribution >= 0.6 is 12.2 Å². The highest BCUT2D eigenvalue weighted by molar-refractivity contribution is 7.80. The first-order chi connectivity index (χ1) is 15.5. The monoisotopic (exact) mass is 449 g/mol. The van der Waals surface area contributed by atoms with E-state index in [9.17, 15) is 10.2 Å². The van der Waals surface area contributed by atoms with Crippen LogP contribution < -0.4 is 15.5 Å². The van der Waals surface area contributed by atoms with Crippen LogP contribution in [0.25, 0.3) is 5.41 Å². The molecule has 0 aliphatic carbocycles. The van der Waals surface area contributed by atoms with Crippen molar-refractivity contribution in [1.29, 1.82) is 0 Å². The summed E-state index contributed by atoms with van der Waals surface area (Å²) in [5.74, 6) is 1.32. The third kappa shape index (κ3) is 5.96. The van der Waals surface area contributed by atoms with E-state index in [1.54, 1.807) is 30.3 Å². The maximum absolute atomic E-state index is 12.9. The molecular formula is C24H27N5O2S. The van der Waals surface area contributed by atoms with Crippen LogP contribution in [0.3, 0.4) is 0 Å². The Labute approximate surface area is 193 Å². The number of carbonyl (C=O) groups excluding carboxylic acids is 1. The van der Waals surface area contributed by atoms with E-state index in [0.29, 0.717) is 27.5 Å². The third-order valence-corrected chi connectivity index (χ3v) is 5.61. The van der Waals surface area contributed by atoms with E-state index in [2.05, 4.69) is 28.5 Å². The zero-order valence-electron chi connectivity index (χ0n) is 18.2. The van der Waals surface area contributed by atoms with Crippen molar-refractivity contribution < 1.29 is 14.4 Å². The molecule has 4 rings (SSSR count). The fourth-order valence-electron chi connectivity index (χ4n) is 3.53. The summed E-state index contributed by atoms with van der Waals surface area (Å²) in [6.45, 7) is 6.04. The number of pyridine rings is 1. The minimum Gasteiger partial charge on any atom is -0.763 e. The molecular weight excluding hydrogens is 422 g/mol. The molecule has 3 heterocycles. The van der Waals surface area contributed by atoms with Crippen LogP contribution in [0.2, 0.25) is 0 Å². The van der Waals surface area contributed by atoms with Crippen molar-refractivity contribution in [3.05, 3.63) is 82.7 Å². The number of nitrogens with one attached hydrogen (secondary N) is 3. The lowest BCUT2D eigenvalue weighted by Gasteiger charge is -2.30. The number of hydrogen-bond acceptors (Lipinski definition) is 4. The number of anilines is 1. The molecule has 2 aromatic rings. The molecule has 0 saturated carbocycles. The first kappa shape index (κ1) is 23.5. The van der Waals surface area contributed by atoms with E-state index >= 15 is 0 Å². The fraction of sp³-hybridized carbons (Fsp3) is 0.292. The summed E-state index contributed by atoms with van der Waals surface area (Å²) >= 11 is 5.29. The van der Waals surface area contributed by atoms with E-state index in [1.165, 1.54) is 13.1 Å². The highest BCUT2D eigenvalue weighted by atomic mass is 32.1. The maximum atomic E-state index is 12.9. The van der Waals surface area contributed by atoms with Gasteiger partial charge < -0.3 is 25.7 Å². The zero-order valence-corrected chi connectivity index (χ0v) is 19.0. The number of carbonyl (C=O) groups is 1. The quantitative estimate of drug-likeness (QED) is 0.377. The van der Waals surface area contributed by atoms with Gasteiger partial charge in [0.1, 0.15) is 18.1 Å². The van der Waals surface area contributed by atoms with Crippen LogP contribution in [0.15, 0.2) is 71.7 Å². The molecule has 2 aliphatic rings. The molecule has 0 radical (unpaired) electrons. The molecule has 1 fully saturated rings. The van der Waals surface area contributed by atoms with Crippen LogP contribution in [-0.2, 0) is 9.53 Å². The van der Waals surface area contributed by atoms with Gasteiger partial charge in [0.15, 0.2) is 0 Å². The molecule has 0 spiro atoms. The highest BCUT2D eigenvalue weighted by Gasteiger charge is 2.33. The molecule has 32 heavy (non-hydrogen) atoms. The third-order valence-electron chi connectivity index (χ3n) is 5.29. The van der Waals surface area contributed by atoms with Gasteiger partial charge in [0.2, 0.25) is 0 Å². The number of rotatable bonds is 3. The van der Waals surface area contributed by atoms with Gasteiger partial charge in [0.25, 0.3) is 5.91 Å². The molecule has 1 saturated heterocycles. The molecule has 1 aromatic carbocycles. The molecule has 1 aromatic heterocycles. The molecule has 3 N–H and O–H groups in total. The summed E-state index contributed by atoms with van der Waals surface area (Å²) in [6, 6.07) is 12.8. The van der Waals surface area contributed by atoms with Crippen LogP contribution in [0.5, 0.6) is 0 Å². The summed E-state index contributed by atoms with van der Waals surface area (Å²) in [4.78, 5) is 19.0. The van der Waals surface area contributed by atoms with E-state index < -0.39 is 5.92 Å². The minimum absolute atomic E-state index is 0.277. The number of morpholine rings is 1. The first-order valence-corrected chi connectivity index (χ1v) is 10.9. The number of ether oxygens (including phenoxy) is 1. The molecule has 0 bridgehead atoms. The number of quaternary nitrogens is 1. The second-order valence-corrected chi connectivity index (χ2v) is 8.04. The number of aromatic nitrogens is 1. The summed E-state index contributed by atoms with van der Waals surface area (Å²) in [7, 11) is 2.20. The van der Waals surface area contributed by atoms with Crippen molar-refractivity contribution in [2.24, 2.45) is 0 Å². The van der Waals surface area contributed by atoms with Gasteiger partial charge in [0.05, 0.1) is 26.2 Å². The second kappa shape index (κ2) is 11.5. The molecule has 1 unspecified atom stereocenters. The van der Waals surface area contributed by atoms with Crippen molar-refractivity contribution in [1.82, 2.24) is 10.3 Å². The molecule has 7 nitrogen and oxygen atoms in total. The Morgan fingerprint density at radius 1 is 1.25 bits per heavy atom. The van der Waals surface area contributed by atoms with Crippen LogP contribution in [0.4, 0.5) is 5.69 Å². The SMILES string of the molecule is CC1=C(C(=O)Nc2ccccc2)C(c2cccnc2)C(=C=[N-])C(=S)N1.C[NH+]1CCOCC1. The molecule has 1 atom stereocenters. The van der Waals surface area contributed by atoms with Crippen molar-refractivity contribution >= 4 is 34.7 Å². The number of amides is 1. The Hall–Kier alpha value is -3.16. The lowest BCUT2D eigenvalue weighted by atomic mass is 9.82. The van der Waals surface area contributed by atoms with Gasteiger partial charge in [-0.05, 0) is 30.7 Å². The molecule has 8 heteroatoms. The topological polar surface area (TPSA) is 90.0 Å². The number of nitrogens with zero attached hydrogens (tertiary/aromatic N) is 2. The van der Waals surface area contributed by atoms with Crippen molar-refractivity contribution in [2.45, 2.75) is 12.8 Å². The maximum Gasteiger partial charge on any atom is 0.254 e. The van der Waals surface area contributed by atoms with Crippen LogP contribution in [0, 0.1) is 0 Å². The Morgan fingerprint density at radius 2 is 1.97 bits per heavy atom. The average molecular weight is 450 g/mol. The van der Waals surface area contributed by atoms with Crippen molar-refractivity contribution in [3.8, 4) is 0 Å². The number of para-hydroxylation sites is 1. The molecule has 166 valence electrons. The van der Waals surface area contributed by atoms with Gasteiger partial charge in [0, 0.05) is 34.9 Å². The van der Waals surface area contributed by atoms with Gasteiger partial charge in [-0.25, -0.2) is 0 Å². The standard InChI is InChI=1S/C19H15N4OS.C5H11NO/c1-12-16(18(24)23-14-7-3-2-4-8-14)17(13-6-5-9-21-11-13)15(10-20)19(25)22-12;1-6-2-4-7-5-3-6/h2-9,11,17H,1H3,(H,22,25)(H,23,24);2-5H2,1H3/q-1;/p+1. The lowest BCUT2D eigenvalue weighted by Crippen LogP contribution is -3.11. The van der Waals surface area contributed by atoms with Gasteiger partial charge in [-0.15, -0.1) is 0 Å². The molecule has 2 aliphatic heterocycles. The van der Waals surface area contributed by atoms with Crippen LogP contribution in [-0.4, -0.2) is 55.1 Å². The number of likely N-dealkylation sites (N-methyl/N-ethyl adjacent to an activating group) is 1. The smallest absolute Gasteiger partial charge is 0.254 e. The van der Waals surface area contributed by atoms with Crippen LogP contribution in [0.1, 0.15) is 18.4 Å². The predicted molar refractivity (Wildman–Crippen MR) is 130 cm³/mol. The summed E-state index contributed by atoms with van der Waals surface area (Å²) in [5, 5.41) is 15.4. The number of thiocarbonyl (C=S) groups is 1.